The van der Waals surface area contributed by atoms with Crippen LogP contribution >= 0.6 is 0 Å². The maximum absolute atomic E-state index is 13.7. The average molecular weight is 469 g/mol. The fraction of sp³-hybridized carbons (Fsp3) is 0.250. The van der Waals surface area contributed by atoms with E-state index in [4.69, 9.17) is 9.87 Å². The zero-order chi connectivity index (χ0) is 24.2. The number of imidazole rings is 1. The molecular formula is C28H28N4O3. The zero-order valence-corrected chi connectivity index (χ0v) is 19.8. The van der Waals surface area contributed by atoms with Gasteiger partial charge in [0.25, 0.3) is 5.91 Å². The minimum Gasteiger partial charge on any atom is -0.340 e. The number of nitrogens with one attached hydrogen (secondary N) is 1. The fourth-order valence-corrected chi connectivity index (χ4v) is 4.64. The number of aromatic nitrogens is 2. The standard InChI is InChI=1S/C28H28N4O3/c1-19-10-12-20(13-11-19)22-14-15-23-24(17-22)31-27(30-23)25-9-6-16-32(25)28(33)26(29-18-35-34-2)21-7-4-3-5-8-21/h3-5,7-8,10-15,17-18,25-26H,6,9,16H2,1-2H3,(H,30,31)/t25-,26+/m0/s1. The number of H-pyrrole nitrogens is 1. The number of amides is 1. The molecule has 4 aromatic rings. The van der Waals surface area contributed by atoms with Crippen LogP contribution in [0.3, 0.4) is 0 Å². The molecular weight excluding hydrogens is 440 g/mol. The van der Waals surface area contributed by atoms with E-state index in [1.165, 1.54) is 19.1 Å². The maximum Gasteiger partial charge on any atom is 0.252 e. The smallest absolute Gasteiger partial charge is 0.252 e. The highest BCUT2D eigenvalue weighted by molar-refractivity contribution is 5.86. The SMILES string of the molecule is COOC=N[C@@H](C(=O)N1CCC[C@H]1c1nc2ccc(-c3ccc(C)cc3)cc2[nH]1)c1ccccc1. The summed E-state index contributed by atoms with van der Waals surface area (Å²) < 4.78 is 0. The molecule has 1 fully saturated rings. The molecule has 2 atom stereocenters. The number of nitrogens with zero attached hydrogens (tertiary/aromatic N) is 3. The van der Waals surface area contributed by atoms with E-state index in [1.54, 1.807) is 0 Å². The number of aromatic amines is 1. The van der Waals surface area contributed by atoms with Crippen molar-refractivity contribution in [3.05, 3.63) is 89.7 Å². The summed E-state index contributed by atoms with van der Waals surface area (Å²) in [5.41, 5.74) is 6.17. The Bertz CT molecular complexity index is 1330. The van der Waals surface area contributed by atoms with Crippen LogP contribution in [0.1, 0.15) is 41.9 Å². The van der Waals surface area contributed by atoms with E-state index in [1.807, 2.05) is 41.3 Å². The van der Waals surface area contributed by atoms with Crippen molar-refractivity contribution >= 4 is 23.3 Å². The quantitative estimate of drug-likeness (QED) is 0.167. The van der Waals surface area contributed by atoms with Crippen LogP contribution in [0.15, 0.2) is 77.8 Å². The third kappa shape index (κ3) is 4.81. The van der Waals surface area contributed by atoms with Crippen molar-refractivity contribution in [1.82, 2.24) is 14.9 Å². The molecule has 0 bridgehead atoms. The summed E-state index contributed by atoms with van der Waals surface area (Å²) in [5, 5.41) is 0. The maximum atomic E-state index is 13.7. The van der Waals surface area contributed by atoms with Gasteiger partial charge in [0.2, 0.25) is 6.40 Å². The molecule has 2 heterocycles. The molecule has 0 spiro atoms. The van der Waals surface area contributed by atoms with Gasteiger partial charge in [-0.1, -0.05) is 66.2 Å². The number of benzene rings is 3. The van der Waals surface area contributed by atoms with Gasteiger partial charge in [0.1, 0.15) is 5.82 Å². The first-order valence-corrected chi connectivity index (χ1v) is 11.8. The molecule has 7 heteroatoms. The molecule has 1 amide bonds. The molecule has 5 rings (SSSR count). The first kappa shape index (κ1) is 22.8. The largest absolute Gasteiger partial charge is 0.340 e. The Balaban J connectivity index is 1.43. The third-order valence-electron chi connectivity index (χ3n) is 6.44. The normalized spacial score (nSPS) is 16.7. The topological polar surface area (TPSA) is 79.8 Å². The van der Waals surface area contributed by atoms with Crippen LogP contribution in [0, 0.1) is 6.92 Å². The minimum absolute atomic E-state index is 0.0875. The highest BCUT2D eigenvalue weighted by Gasteiger charge is 2.36. The van der Waals surface area contributed by atoms with Gasteiger partial charge in [-0.2, -0.15) is 4.89 Å². The van der Waals surface area contributed by atoms with Gasteiger partial charge < -0.3 is 14.8 Å². The number of hydrogen-bond donors (Lipinski definition) is 1. The predicted octanol–water partition coefficient (Wildman–Crippen LogP) is 5.55. The van der Waals surface area contributed by atoms with E-state index < -0.39 is 6.04 Å². The lowest BCUT2D eigenvalue weighted by Crippen LogP contribution is -2.34. The number of likely N-dealkylation sites (tertiary alicyclic amines) is 1. The van der Waals surface area contributed by atoms with Crippen LogP contribution in [0.25, 0.3) is 22.2 Å². The Morgan fingerprint density at radius 3 is 2.66 bits per heavy atom. The zero-order valence-electron chi connectivity index (χ0n) is 19.8. The Morgan fingerprint density at radius 1 is 1.11 bits per heavy atom. The van der Waals surface area contributed by atoms with Crippen molar-refractivity contribution < 1.29 is 14.6 Å². The first-order valence-electron chi connectivity index (χ1n) is 11.8. The Morgan fingerprint density at radius 2 is 1.89 bits per heavy atom. The molecule has 1 saturated heterocycles. The summed E-state index contributed by atoms with van der Waals surface area (Å²) in [6, 6.07) is 23.4. The lowest BCUT2D eigenvalue weighted by Gasteiger charge is -2.26. The molecule has 0 radical (unpaired) electrons. The summed E-state index contributed by atoms with van der Waals surface area (Å²) in [4.78, 5) is 37.7. The van der Waals surface area contributed by atoms with Crippen molar-refractivity contribution in [2.24, 2.45) is 4.99 Å². The van der Waals surface area contributed by atoms with E-state index in [9.17, 15) is 4.79 Å². The first-order chi connectivity index (χ1) is 17.1. The van der Waals surface area contributed by atoms with E-state index in [-0.39, 0.29) is 11.9 Å². The van der Waals surface area contributed by atoms with E-state index >= 15 is 0 Å². The second-order valence-electron chi connectivity index (χ2n) is 8.74. The van der Waals surface area contributed by atoms with Gasteiger partial charge in [-0.15, -0.1) is 0 Å². The lowest BCUT2D eigenvalue weighted by molar-refractivity contribution is -0.188. The molecule has 1 aliphatic rings. The number of fused-ring (bicyclic) bond motifs is 1. The van der Waals surface area contributed by atoms with Crippen LogP contribution < -0.4 is 0 Å². The summed E-state index contributed by atoms with van der Waals surface area (Å²) in [7, 11) is 1.40. The number of rotatable bonds is 7. The molecule has 35 heavy (non-hydrogen) atoms. The molecule has 0 unspecified atom stereocenters. The number of carbonyl (C=O) groups is 1. The van der Waals surface area contributed by atoms with Gasteiger partial charge in [-0.05, 0) is 48.6 Å². The van der Waals surface area contributed by atoms with Crippen molar-refractivity contribution in [3.63, 3.8) is 0 Å². The van der Waals surface area contributed by atoms with Gasteiger partial charge in [-0.3, -0.25) is 4.79 Å². The van der Waals surface area contributed by atoms with E-state index in [2.05, 4.69) is 58.2 Å². The molecule has 0 saturated carbocycles. The molecule has 0 aliphatic carbocycles. The average Bonchev–Trinajstić information content (AvgIpc) is 3.54. The predicted molar refractivity (Wildman–Crippen MR) is 136 cm³/mol. The second-order valence-corrected chi connectivity index (χ2v) is 8.74. The van der Waals surface area contributed by atoms with Gasteiger partial charge in [0.05, 0.1) is 24.2 Å². The molecule has 3 aromatic carbocycles. The summed E-state index contributed by atoms with van der Waals surface area (Å²) in [5.74, 6) is 0.714. The van der Waals surface area contributed by atoms with Crippen molar-refractivity contribution in [2.75, 3.05) is 13.7 Å². The van der Waals surface area contributed by atoms with Gasteiger partial charge >= 0.3 is 0 Å². The van der Waals surface area contributed by atoms with Crippen LogP contribution in [-0.2, 0) is 14.6 Å². The second kappa shape index (κ2) is 10.1. The number of hydrogen-bond acceptors (Lipinski definition) is 5. The summed E-state index contributed by atoms with van der Waals surface area (Å²) >= 11 is 0. The van der Waals surface area contributed by atoms with E-state index in [0.29, 0.717) is 6.54 Å². The Hall–Kier alpha value is -3.97. The van der Waals surface area contributed by atoms with Crippen molar-refractivity contribution in [1.29, 1.82) is 0 Å². The monoisotopic (exact) mass is 468 g/mol. The van der Waals surface area contributed by atoms with Gasteiger partial charge in [-0.25, -0.2) is 9.98 Å². The Labute approximate surface area is 204 Å². The van der Waals surface area contributed by atoms with Gasteiger partial charge in [0.15, 0.2) is 6.04 Å². The van der Waals surface area contributed by atoms with Crippen LogP contribution in [0.2, 0.25) is 0 Å². The molecule has 1 N–H and O–H groups in total. The molecule has 7 nitrogen and oxygen atoms in total. The molecule has 1 aromatic heterocycles. The highest BCUT2D eigenvalue weighted by atomic mass is 17.2. The lowest BCUT2D eigenvalue weighted by atomic mass is 10.0. The third-order valence-corrected chi connectivity index (χ3v) is 6.44. The molecule has 178 valence electrons. The number of carbonyl (C=O) groups excluding carboxylic acids is 1. The summed E-state index contributed by atoms with van der Waals surface area (Å²) in [6.45, 7) is 2.74. The van der Waals surface area contributed by atoms with Crippen LogP contribution in [0.5, 0.6) is 0 Å². The van der Waals surface area contributed by atoms with Crippen LogP contribution in [0.4, 0.5) is 0 Å². The van der Waals surface area contributed by atoms with Gasteiger partial charge in [0, 0.05) is 6.54 Å². The van der Waals surface area contributed by atoms with Crippen LogP contribution in [-0.4, -0.2) is 40.8 Å². The number of aryl methyl sites for hydroxylation is 1. The Kier molecular flexibility index (Phi) is 6.59. The minimum atomic E-state index is -0.718. The van der Waals surface area contributed by atoms with Crippen molar-refractivity contribution in [2.45, 2.75) is 31.8 Å². The molecule has 1 aliphatic heterocycles. The van der Waals surface area contributed by atoms with E-state index in [0.717, 1.165) is 46.4 Å². The van der Waals surface area contributed by atoms with Crippen molar-refractivity contribution in [3.8, 4) is 11.1 Å². The highest BCUT2D eigenvalue weighted by Crippen LogP contribution is 2.35. The fourth-order valence-electron chi connectivity index (χ4n) is 4.64. The number of aliphatic imine (C=N–C) groups is 1. The summed E-state index contributed by atoms with van der Waals surface area (Å²) in [6.07, 6.45) is 2.92.